The maximum absolute atomic E-state index is 12.3. The van der Waals surface area contributed by atoms with E-state index in [1.165, 1.54) is 0 Å². The third-order valence-electron chi connectivity index (χ3n) is 3.89. The first-order valence-electron chi connectivity index (χ1n) is 7.18. The zero-order valence-corrected chi connectivity index (χ0v) is 13.1. The molecule has 1 aliphatic rings. The van der Waals surface area contributed by atoms with E-state index in [0.717, 1.165) is 5.56 Å². The number of rotatable bonds is 5. The van der Waals surface area contributed by atoms with Gasteiger partial charge in [-0.2, -0.15) is 9.57 Å². The number of aryl methyl sites for hydroxylation is 1. The van der Waals surface area contributed by atoms with E-state index >= 15 is 0 Å². The summed E-state index contributed by atoms with van der Waals surface area (Å²) in [6.45, 7) is 4.05. The number of hydrogen-bond donors (Lipinski definition) is 0. The fraction of sp³-hybridized carbons (Fsp3) is 0.533. The van der Waals surface area contributed by atoms with Crippen molar-refractivity contribution >= 4 is 10.0 Å². The standard InChI is InChI=1S/C15H21N3O2S/c1-14(13-16)17-8-10-18(11-9-17)21(19,20)12-7-15-5-3-2-4-6-15/h2-6,14H,7-12H2,1H3. The molecule has 1 aromatic rings. The molecule has 0 radical (unpaired) electrons. The van der Waals surface area contributed by atoms with Crippen molar-refractivity contribution in [3.05, 3.63) is 35.9 Å². The van der Waals surface area contributed by atoms with Crippen molar-refractivity contribution in [2.24, 2.45) is 0 Å². The van der Waals surface area contributed by atoms with Gasteiger partial charge in [0.05, 0.1) is 17.9 Å². The quantitative estimate of drug-likeness (QED) is 0.817. The lowest BCUT2D eigenvalue weighted by atomic mass is 10.2. The van der Waals surface area contributed by atoms with Crippen LogP contribution in [0.25, 0.3) is 0 Å². The summed E-state index contributed by atoms with van der Waals surface area (Å²) in [6, 6.07) is 11.7. The molecule has 1 heterocycles. The second-order valence-corrected chi connectivity index (χ2v) is 7.38. The summed E-state index contributed by atoms with van der Waals surface area (Å²) in [6.07, 6.45) is 0.540. The van der Waals surface area contributed by atoms with Gasteiger partial charge in [-0.05, 0) is 18.9 Å². The molecule has 1 fully saturated rings. The summed E-state index contributed by atoms with van der Waals surface area (Å²) >= 11 is 0. The van der Waals surface area contributed by atoms with Crippen LogP contribution in [-0.2, 0) is 16.4 Å². The first-order valence-corrected chi connectivity index (χ1v) is 8.79. The number of benzene rings is 1. The first-order chi connectivity index (χ1) is 10.0. The molecule has 1 saturated heterocycles. The lowest BCUT2D eigenvalue weighted by molar-refractivity contribution is 0.169. The Morgan fingerprint density at radius 3 is 2.38 bits per heavy atom. The minimum atomic E-state index is -3.21. The molecule has 1 atom stereocenters. The SMILES string of the molecule is CC(C#N)N1CCN(S(=O)(=O)CCc2ccccc2)CC1. The largest absolute Gasteiger partial charge is 0.286 e. The number of sulfonamides is 1. The number of nitriles is 1. The molecule has 21 heavy (non-hydrogen) atoms. The highest BCUT2D eigenvalue weighted by Gasteiger charge is 2.28. The van der Waals surface area contributed by atoms with Crippen LogP contribution in [-0.4, -0.2) is 55.6 Å². The molecule has 0 spiro atoms. The number of nitrogens with zero attached hydrogens (tertiary/aromatic N) is 3. The highest BCUT2D eigenvalue weighted by Crippen LogP contribution is 2.12. The van der Waals surface area contributed by atoms with Crippen LogP contribution >= 0.6 is 0 Å². The molecular formula is C15H21N3O2S. The smallest absolute Gasteiger partial charge is 0.214 e. The third kappa shape index (κ3) is 4.27. The second-order valence-electron chi connectivity index (χ2n) is 5.29. The number of hydrogen-bond acceptors (Lipinski definition) is 4. The van der Waals surface area contributed by atoms with Gasteiger partial charge in [0.2, 0.25) is 10.0 Å². The van der Waals surface area contributed by atoms with E-state index in [0.29, 0.717) is 32.6 Å². The van der Waals surface area contributed by atoms with Crippen LogP contribution in [0.4, 0.5) is 0 Å². The molecule has 114 valence electrons. The Labute approximate surface area is 126 Å². The van der Waals surface area contributed by atoms with Crippen molar-refractivity contribution in [3.63, 3.8) is 0 Å². The van der Waals surface area contributed by atoms with Gasteiger partial charge in [0, 0.05) is 26.2 Å². The fourth-order valence-electron chi connectivity index (χ4n) is 2.47. The Morgan fingerprint density at radius 1 is 1.19 bits per heavy atom. The van der Waals surface area contributed by atoms with E-state index in [1.54, 1.807) is 4.31 Å². The van der Waals surface area contributed by atoms with Crippen molar-refractivity contribution in [1.82, 2.24) is 9.21 Å². The summed E-state index contributed by atoms with van der Waals surface area (Å²) in [7, 11) is -3.21. The molecule has 1 aliphatic heterocycles. The molecule has 1 aromatic carbocycles. The lowest BCUT2D eigenvalue weighted by Gasteiger charge is -2.35. The molecule has 0 amide bonds. The number of piperazine rings is 1. The maximum atomic E-state index is 12.3. The molecule has 2 rings (SSSR count). The lowest BCUT2D eigenvalue weighted by Crippen LogP contribution is -2.51. The Kier molecular flexibility index (Phi) is 5.34. The van der Waals surface area contributed by atoms with Crippen molar-refractivity contribution in [1.29, 1.82) is 5.26 Å². The molecular weight excluding hydrogens is 286 g/mol. The Morgan fingerprint density at radius 2 is 1.81 bits per heavy atom. The van der Waals surface area contributed by atoms with Crippen LogP contribution in [0, 0.1) is 11.3 Å². The van der Waals surface area contributed by atoms with E-state index in [-0.39, 0.29) is 11.8 Å². The van der Waals surface area contributed by atoms with Gasteiger partial charge in [0.15, 0.2) is 0 Å². The highest BCUT2D eigenvalue weighted by molar-refractivity contribution is 7.89. The van der Waals surface area contributed by atoms with Crippen molar-refractivity contribution in [3.8, 4) is 6.07 Å². The van der Waals surface area contributed by atoms with Gasteiger partial charge in [-0.15, -0.1) is 0 Å². The van der Waals surface area contributed by atoms with Crippen LogP contribution in [0.3, 0.4) is 0 Å². The van der Waals surface area contributed by atoms with Gasteiger partial charge >= 0.3 is 0 Å². The summed E-state index contributed by atoms with van der Waals surface area (Å²) in [5, 5.41) is 8.90. The van der Waals surface area contributed by atoms with Gasteiger partial charge < -0.3 is 0 Å². The van der Waals surface area contributed by atoms with Crippen molar-refractivity contribution in [2.45, 2.75) is 19.4 Å². The van der Waals surface area contributed by atoms with Gasteiger partial charge in [-0.1, -0.05) is 30.3 Å². The summed E-state index contributed by atoms with van der Waals surface area (Å²) in [4.78, 5) is 2.02. The summed E-state index contributed by atoms with van der Waals surface area (Å²) in [5.41, 5.74) is 1.04. The summed E-state index contributed by atoms with van der Waals surface area (Å²) in [5.74, 6) is 0.144. The topological polar surface area (TPSA) is 64.4 Å². The van der Waals surface area contributed by atoms with Crippen molar-refractivity contribution < 1.29 is 8.42 Å². The van der Waals surface area contributed by atoms with Crippen LogP contribution in [0.2, 0.25) is 0 Å². The Balaban J connectivity index is 1.88. The predicted octanol–water partition coefficient (Wildman–Crippen LogP) is 1.09. The second kappa shape index (κ2) is 7.03. The minimum absolute atomic E-state index is 0.144. The van der Waals surface area contributed by atoms with E-state index in [4.69, 9.17) is 5.26 Å². The molecule has 6 heteroatoms. The van der Waals surface area contributed by atoms with Crippen LogP contribution < -0.4 is 0 Å². The molecule has 5 nitrogen and oxygen atoms in total. The first kappa shape index (κ1) is 16.0. The molecule has 0 aromatic heterocycles. The zero-order chi connectivity index (χ0) is 15.3. The average molecular weight is 307 g/mol. The molecule has 0 N–H and O–H groups in total. The third-order valence-corrected chi connectivity index (χ3v) is 5.76. The van der Waals surface area contributed by atoms with E-state index in [9.17, 15) is 8.42 Å². The Bertz CT molecular complexity index is 587. The van der Waals surface area contributed by atoms with E-state index in [2.05, 4.69) is 6.07 Å². The normalized spacial score (nSPS) is 19.0. The highest BCUT2D eigenvalue weighted by atomic mass is 32.2. The maximum Gasteiger partial charge on any atom is 0.214 e. The fourth-order valence-corrected chi connectivity index (χ4v) is 3.94. The minimum Gasteiger partial charge on any atom is -0.286 e. The Hall–Kier alpha value is -1.42. The van der Waals surface area contributed by atoms with Crippen LogP contribution in [0.15, 0.2) is 30.3 Å². The molecule has 0 aliphatic carbocycles. The van der Waals surface area contributed by atoms with Gasteiger partial charge in [-0.3, -0.25) is 4.90 Å². The zero-order valence-electron chi connectivity index (χ0n) is 12.3. The van der Waals surface area contributed by atoms with Gasteiger partial charge in [0.25, 0.3) is 0 Å². The van der Waals surface area contributed by atoms with Gasteiger partial charge in [0.1, 0.15) is 0 Å². The van der Waals surface area contributed by atoms with Crippen LogP contribution in [0.5, 0.6) is 0 Å². The van der Waals surface area contributed by atoms with Gasteiger partial charge in [-0.25, -0.2) is 8.42 Å². The molecule has 0 saturated carbocycles. The monoisotopic (exact) mass is 307 g/mol. The predicted molar refractivity (Wildman–Crippen MR) is 82.2 cm³/mol. The van der Waals surface area contributed by atoms with E-state index < -0.39 is 10.0 Å². The van der Waals surface area contributed by atoms with E-state index in [1.807, 2.05) is 42.2 Å². The summed E-state index contributed by atoms with van der Waals surface area (Å²) < 4.78 is 26.2. The molecule has 1 unspecified atom stereocenters. The van der Waals surface area contributed by atoms with Crippen molar-refractivity contribution in [2.75, 3.05) is 31.9 Å². The van der Waals surface area contributed by atoms with Crippen LogP contribution in [0.1, 0.15) is 12.5 Å². The molecule has 0 bridgehead atoms. The average Bonchev–Trinajstić information content (AvgIpc) is 2.53.